The Morgan fingerprint density at radius 2 is 1.74 bits per heavy atom. The van der Waals surface area contributed by atoms with E-state index in [-0.39, 0.29) is 16.1 Å². The molecule has 1 aliphatic rings. The fourth-order valence-corrected chi connectivity index (χ4v) is 5.08. The van der Waals surface area contributed by atoms with E-state index < -0.39 is 15.8 Å². The molecule has 0 aliphatic carbocycles. The fourth-order valence-electron chi connectivity index (χ4n) is 3.99. The molecule has 3 aromatic carbocycles. The number of nitrogens with one attached hydrogen (secondary N) is 1. The van der Waals surface area contributed by atoms with Crippen LogP contribution in [0.2, 0.25) is 0 Å². The fraction of sp³-hybridized carbons (Fsp3) is 0.217. The first-order valence-electron chi connectivity index (χ1n) is 10.2. The predicted molar refractivity (Wildman–Crippen MR) is 118 cm³/mol. The first kappa shape index (κ1) is 19.7. The summed E-state index contributed by atoms with van der Waals surface area (Å²) in [6.07, 6.45) is 3.92. The van der Waals surface area contributed by atoms with Gasteiger partial charge in [0.1, 0.15) is 11.6 Å². The molecule has 0 bridgehead atoms. The van der Waals surface area contributed by atoms with E-state index >= 15 is 0 Å². The van der Waals surface area contributed by atoms with E-state index in [1.165, 1.54) is 18.2 Å². The van der Waals surface area contributed by atoms with Crippen LogP contribution in [0, 0.1) is 5.82 Å². The average molecular weight is 437 g/mol. The average Bonchev–Trinajstić information content (AvgIpc) is 3.02. The monoisotopic (exact) mass is 436 g/mol. The molecule has 0 fully saturated rings. The Bertz CT molecular complexity index is 1380. The number of anilines is 1. The van der Waals surface area contributed by atoms with Crippen molar-refractivity contribution in [2.75, 3.05) is 4.72 Å². The van der Waals surface area contributed by atoms with Gasteiger partial charge in [0, 0.05) is 18.7 Å². The third-order valence-electron chi connectivity index (χ3n) is 5.60. The summed E-state index contributed by atoms with van der Waals surface area (Å²) in [4.78, 5) is 0.147. The smallest absolute Gasteiger partial charge is 0.261 e. The maximum atomic E-state index is 14.7. The van der Waals surface area contributed by atoms with Crippen molar-refractivity contribution in [3.8, 4) is 11.4 Å². The molecule has 5 rings (SSSR count). The predicted octanol–water partition coefficient (Wildman–Crippen LogP) is 4.76. The van der Waals surface area contributed by atoms with Crippen molar-refractivity contribution in [1.29, 1.82) is 0 Å². The Balaban J connectivity index is 1.49. The number of benzene rings is 3. The number of hydrogen-bond acceptors (Lipinski definition) is 4. The van der Waals surface area contributed by atoms with Crippen LogP contribution in [-0.2, 0) is 23.0 Å². The second kappa shape index (κ2) is 7.77. The highest BCUT2D eigenvalue weighted by Crippen LogP contribution is 2.29. The summed E-state index contributed by atoms with van der Waals surface area (Å²) < 4.78 is 45.1. The molecule has 0 saturated heterocycles. The minimum absolute atomic E-state index is 0.147. The lowest BCUT2D eigenvalue weighted by molar-refractivity contribution is 0.601. The summed E-state index contributed by atoms with van der Waals surface area (Å²) in [5.74, 6) is 0.809. The van der Waals surface area contributed by atoms with Gasteiger partial charge in [-0.1, -0.05) is 36.8 Å². The maximum Gasteiger partial charge on any atom is 0.261 e. The SMILES string of the molecule is O=S(=O)(Nc1ccc(F)c(-c2nnc3n2CCCCC3)c1)c1ccc2ccccc2c1. The van der Waals surface area contributed by atoms with Crippen molar-refractivity contribution in [2.24, 2.45) is 0 Å². The van der Waals surface area contributed by atoms with E-state index in [4.69, 9.17) is 0 Å². The van der Waals surface area contributed by atoms with Gasteiger partial charge in [0.05, 0.1) is 10.5 Å². The molecular weight excluding hydrogens is 415 g/mol. The van der Waals surface area contributed by atoms with Crippen LogP contribution in [0.15, 0.2) is 65.6 Å². The van der Waals surface area contributed by atoms with Crippen LogP contribution in [0.25, 0.3) is 22.2 Å². The summed E-state index contributed by atoms with van der Waals surface area (Å²) >= 11 is 0. The van der Waals surface area contributed by atoms with E-state index in [0.717, 1.165) is 48.8 Å². The molecule has 1 aromatic heterocycles. The lowest BCUT2D eigenvalue weighted by Crippen LogP contribution is -2.13. The Morgan fingerprint density at radius 3 is 2.61 bits per heavy atom. The Labute approximate surface area is 179 Å². The maximum absolute atomic E-state index is 14.7. The minimum atomic E-state index is -3.84. The molecule has 0 radical (unpaired) electrons. The molecule has 158 valence electrons. The highest BCUT2D eigenvalue weighted by molar-refractivity contribution is 7.92. The van der Waals surface area contributed by atoms with E-state index in [9.17, 15) is 12.8 Å². The number of nitrogens with zero attached hydrogens (tertiary/aromatic N) is 3. The summed E-state index contributed by atoms with van der Waals surface area (Å²) in [5, 5.41) is 10.2. The van der Waals surface area contributed by atoms with Gasteiger partial charge in [-0.25, -0.2) is 12.8 Å². The number of aryl methyl sites for hydroxylation is 1. The van der Waals surface area contributed by atoms with Crippen molar-refractivity contribution in [1.82, 2.24) is 14.8 Å². The molecule has 1 N–H and O–H groups in total. The standard InChI is InChI=1S/C23H21FN4O2S/c24-21-12-10-18(15-20(21)23-26-25-22-8-2-1-5-13-28(22)23)27-31(29,30)19-11-9-16-6-3-4-7-17(16)14-19/h3-4,6-7,9-12,14-15,27H,1-2,5,8,13H2. The number of sulfonamides is 1. The van der Waals surface area contributed by atoms with Gasteiger partial charge < -0.3 is 4.57 Å². The molecule has 1 aliphatic heterocycles. The van der Waals surface area contributed by atoms with Crippen LogP contribution in [0.3, 0.4) is 0 Å². The zero-order valence-electron chi connectivity index (χ0n) is 16.8. The van der Waals surface area contributed by atoms with E-state index in [1.54, 1.807) is 18.2 Å². The molecule has 6 nitrogen and oxygen atoms in total. The molecular formula is C23H21FN4O2S. The molecule has 0 spiro atoms. The van der Waals surface area contributed by atoms with Gasteiger partial charge >= 0.3 is 0 Å². The summed E-state index contributed by atoms with van der Waals surface area (Å²) in [6.45, 7) is 0.726. The molecule has 0 saturated carbocycles. The lowest BCUT2D eigenvalue weighted by Gasteiger charge is -2.12. The highest BCUT2D eigenvalue weighted by Gasteiger charge is 2.21. The van der Waals surface area contributed by atoms with Gasteiger partial charge in [-0.3, -0.25) is 4.72 Å². The normalized spacial score (nSPS) is 14.2. The van der Waals surface area contributed by atoms with Gasteiger partial charge in [0.15, 0.2) is 5.82 Å². The number of rotatable bonds is 4. The van der Waals surface area contributed by atoms with Crippen LogP contribution < -0.4 is 4.72 Å². The second-order valence-electron chi connectivity index (χ2n) is 7.71. The molecule has 4 aromatic rings. The highest BCUT2D eigenvalue weighted by atomic mass is 32.2. The van der Waals surface area contributed by atoms with Crippen LogP contribution in [-0.4, -0.2) is 23.2 Å². The third-order valence-corrected chi connectivity index (χ3v) is 6.98. The second-order valence-corrected chi connectivity index (χ2v) is 9.39. The number of aromatic nitrogens is 3. The number of hydrogen-bond donors (Lipinski definition) is 1. The number of halogens is 1. The molecule has 8 heteroatoms. The summed E-state index contributed by atoms with van der Waals surface area (Å²) in [5.41, 5.74) is 0.509. The molecule has 2 heterocycles. The van der Waals surface area contributed by atoms with Gasteiger partial charge in [-0.05, 0) is 53.9 Å². The molecule has 0 atom stereocenters. The Kier molecular flexibility index (Phi) is 4.94. The first-order chi connectivity index (χ1) is 15.0. The third kappa shape index (κ3) is 3.79. The van der Waals surface area contributed by atoms with Crippen LogP contribution >= 0.6 is 0 Å². The Morgan fingerprint density at radius 1 is 0.903 bits per heavy atom. The molecule has 0 unspecified atom stereocenters. The quantitative estimate of drug-likeness (QED) is 0.500. The zero-order chi connectivity index (χ0) is 21.4. The largest absolute Gasteiger partial charge is 0.311 e. The summed E-state index contributed by atoms with van der Waals surface area (Å²) in [6, 6.07) is 16.7. The van der Waals surface area contributed by atoms with Crippen LogP contribution in [0.5, 0.6) is 0 Å². The van der Waals surface area contributed by atoms with Crippen LogP contribution in [0.4, 0.5) is 10.1 Å². The van der Waals surface area contributed by atoms with Crippen LogP contribution in [0.1, 0.15) is 25.1 Å². The van der Waals surface area contributed by atoms with Crippen molar-refractivity contribution >= 4 is 26.5 Å². The van der Waals surface area contributed by atoms with Gasteiger partial charge in [-0.15, -0.1) is 10.2 Å². The van der Waals surface area contributed by atoms with Gasteiger partial charge in [0.25, 0.3) is 10.0 Å². The molecule has 0 amide bonds. The lowest BCUT2D eigenvalue weighted by atomic mass is 10.1. The van der Waals surface area contributed by atoms with Crippen molar-refractivity contribution in [2.45, 2.75) is 37.1 Å². The number of fused-ring (bicyclic) bond motifs is 2. The van der Waals surface area contributed by atoms with Crippen molar-refractivity contribution in [3.63, 3.8) is 0 Å². The summed E-state index contributed by atoms with van der Waals surface area (Å²) in [7, 11) is -3.84. The zero-order valence-corrected chi connectivity index (χ0v) is 17.6. The molecule has 31 heavy (non-hydrogen) atoms. The van der Waals surface area contributed by atoms with E-state index in [2.05, 4.69) is 14.9 Å². The minimum Gasteiger partial charge on any atom is -0.311 e. The van der Waals surface area contributed by atoms with Crippen molar-refractivity contribution < 1.29 is 12.8 Å². The van der Waals surface area contributed by atoms with E-state index in [0.29, 0.717) is 5.82 Å². The van der Waals surface area contributed by atoms with Gasteiger partial charge in [-0.2, -0.15) is 0 Å². The van der Waals surface area contributed by atoms with Crippen molar-refractivity contribution in [3.05, 3.63) is 72.3 Å². The topological polar surface area (TPSA) is 76.9 Å². The van der Waals surface area contributed by atoms with E-state index in [1.807, 2.05) is 28.8 Å². The van der Waals surface area contributed by atoms with Gasteiger partial charge in [0.2, 0.25) is 0 Å². The Hall–Kier alpha value is -3.26. The first-order valence-corrected chi connectivity index (χ1v) is 11.7.